The highest BCUT2D eigenvalue weighted by atomic mass is 127. The Kier molecular flexibility index (Phi) is 5.97. The van der Waals surface area contributed by atoms with Gasteiger partial charge in [0.2, 0.25) is 0 Å². The van der Waals surface area contributed by atoms with E-state index < -0.39 is 0 Å². The van der Waals surface area contributed by atoms with Crippen LogP contribution < -0.4 is 10.2 Å². The molecule has 0 bridgehead atoms. The first-order chi connectivity index (χ1) is 11.0. The predicted molar refractivity (Wildman–Crippen MR) is 98.2 cm³/mol. The number of nitrogens with zero attached hydrogens (tertiary/aromatic N) is 1. The Morgan fingerprint density at radius 1 is 1.39 bits per heavy atom. The summed E-state index contributed by atoms with van der Waals surface area (Å²) in [6, 6.07) is 10.7. The zero-order valence-electron chi connectivity index (χ0n) is 12.8. The molecule has 5 nitrogen and oxygen atoms in total. The second-order valence-electron chi connectivity index (χ2n) is 4.80. The molecule has 23 heavy (non-hydrogen) atoms. The number of halogens is 1. The van der Waals surface area contributed by atoms with Crippen molar-refractivity contribution in [3.05, 3.63) is 56.7 Å². The Labute approximate surface area is 148 Å². The molecular formula is C17H17IN2O3. The zero-order chi connectivity index (χ0) is 16.8. The largest absolute Gasteiger partial charge is 0.504 e. The molecule has 2 rings (SSSR count). The molecule has 0 saturated heterocycles. The number of phenolic OH excluding ortho intramolecular Hbond substituents is 1. The minimum absolute atomic E-state index is 0.105. The maximum absolute atomic E-state index is 12.1. The van der Waals surface area contributed by atoms with Crippen LogP contribution in [0.25, 0.3) is 0 Å². The number of aryl methyl sites for hydroxylation is 1. The lowest BCUT2D eigenvalue weighted by Crippen LogP contribution is -2.18. The number of hydrazone groups is 1. The highest BCUT2D eigenvalue weighted by Gasteiger charge is 2.09. The summed E-state index contributed by atoms with van der Waals surface area (Å²) in [5, 5.41) is 13.9. The Bertz CT molecular complexity index is 745. The van der Waals surface area contributed by atoms with Crippen molar-refractivity contribution >= 4 is 34.7 Å². The number of amides is 1. The topological polar surface area (TPSA) is 70.9 Å². The van der Waals surface area contributed by atoms with Gasteiger partial charge in [0.05, 0.1) is 16.4 Å². The summed E-state index contributed by atoms with van der Waals surface area (Å²) in [6.45, 7) is 4.17. The van der Waals surface area contributed by atoms with E-state index in [0.29, 0.717) is 21.5 Å². The van der Waals surface area contributed by atoms with Crippen molar-refractivity contribution in [2.75, 3.05) is 6.61 Å². The van der Waals surface area contributed by atoms with Gasteiger partial charge in [-0.05, 0) is 65.8 Å². The maximum Gasteiger partial charge on any atom is 0.271 e. The third-order valence-electron chi connectivity index (χ3n) is 3.12. The van der Waals surface area contributed by atoms with Gasteiger partial charge in [0, 0.05) is 5.56 Å². The van der Waals surface area contributed by atoms with E-state index in [1.165, 1.54) is 6.21 Å². The number of benzene rings is 2. The predicted octanol–water partition coefficient (Wildman–Crippen LogP) is 3.47. The van der Waals surface area contributed by atoms with E-state index in [1.807, 2.05) is 54.6 Å². The quantitative estimate of drug-likeness (QED) is 0.439. The lowest BCUT2D eigenvalue weighted by molar-refractivity contribution is 0.0954. The SMILES string of the molecule is CCOc1cc(/C=N/NC(=O)c2ccccc2C)cc(I)c1O. The van der Waals surface area contributed by atoms with Crippen LogP contribution in [0.3, 0.4) is 0 Å². The molecule has 120 valence electrons. The van der Waals surface area contributed by atoms with E-state index in [1.54, 1.807) is 18.2 Å². The molecule has 1 amide bonds. The van der Waals surface area contributed by atoms with Crippen LogP contribution in [0.5, 0.6) is 11.5 Å². The van der Waals surface area contributed by atoms with Crippen LogP contribution in [-0.2, 0) is 0 Å². The molecule has 2 N–H and O–H groups in total. The summed E-state index contributed by atoms with van der Waals surface area (Å²) in [4.78, 5) is 12.1. The molecule has 0 fully saturated rings. The monoisotopic (exact) mass is 424 g/mol. The Morgan fingerprint density at radius 2 is 2.13 bits per heavy atom. The van der Waals surface area contributed by atoms with Gasteiger partial charge < -0.3 is 9.84 Å². The minimum Gasteiger partial charge on any atom is -0.504 e. The number of aromatic hydroxyl groups is 1. The van der Waals surface area contributed by atoms with Gasteiger partial charge in [0.25, 0.3) is 5.91 Å². The van der Waals surface area contributed by atoms with Gasteiger partial charge in [-0.3, -0.25) is 4.79 Å². The maximum atomic E-state index is 12.1. The summed E-state index contributed by atoms with van der Waals surface area (Å²) in [5.41, 5.74) is 4.69. The fourth-order valence-electron chi connectivity index (χ4n) is 1.99. The van der Waals surface area contributed by atoms with Gasteiger partial charge in [-0.2, -0.15) is 5.10 Å². The molecule has 0 aromatic heterocycles. The fourth-order valence-corrected chi connectivity index (χ4v) is 2.61. The number of rotatable bonds is 5. The van der Waals surface area contributed by atoms with Gasteiger partial charge in [-0.25, -0.2) is 5.43 Å². The number of hydrogen-bond donors (Lipinski definition) is 2. The Balaban J connectivity index is 2.12. The van der Waals surface area contributed by atoms with Crippen LogP contribution in [0.15, 0.2) is 41.5 Å². The van der Waals surface area contributed by atoms with Crippen molar-refractivity contribution in [1.29, 1.82) is 0 Å². The lowest BCUT2D eigenvalue weighted by Gasteiger charge is -2.08. The summed E-state index contributed by atoms with van der Waals surface area (Å²) in [7, 11) is 0. The molecule has 0 radical (unpaired) electrons. The van der Waals surface area contributed by atoms with Crippen molar-refractivity contribution in [1.82, 2.24) is 5.43 Å². The number of carbonyl (C=O) groups is 1. The third-order valence-corrected chi connectivity index (χ3v) is 3.94. The molecule has 0 unspecified atom stereocenters. The van der Waals surface area contributed by atoms with Gasteiger partial charge in [-0.15, -0.1) is 0 Å². The van der Waals surface area contributed by atoms with Crippen molar-refractivity contribution in [2.45, 2.75) is 13.8 Å². The molecule has 0 aliphatic carbocycles. The average molecular weight is 424 g/mol. The normalized spacial score (nSPS) is 10.7. The molecule has 6 heteroatoms. The van der Waals surface area contributed by atoms with E-state index in [4.69, 9.17) is 4.74 Å². The van der Waals surface area contributed by atoms with Crippen LogP contribution in [0.1, 0.15) is 28.4 Å². The first-order valence-corrected chi connectivity index (χ1v) is 8.15. The standard InChI is InChI=1S/C17H17IN2O3/c1-3-23-15-9-12(8-14(18)16(15)21)10-19-20-17(22)13-7-5-4-6-11(13)2/h4-10,21H,3H2,1-2H3,(H,20,22)/b19-10+. The number of ether oxygens (including phenoxy) is 1. The van der Waals surface area contributed by atoms with Crippen LogP contribution in [0.2, 0.25) is 0 Å². The lowest BCUT2D eigenvalue weighted by atomic mass is 10.1. The van der Waals surface area contributed by atoms with E-state index in [-0.39, 0.29) is 11.7 Å². The highest BCUT2D eigenvalue weighted by molar-refractivity contribution is 14.1. The molecule has 0 heterocycles. The summed E-state index contributed by atoms with van der Waals surface area (Å²) in [6.07, 6.45) is 1.51. The van der Waals surface area contributed by atoms with Crippen LogP contribution >= 0.6 is 22.6 Å². The molecule has 2 aromatic carbocycles. The van der Waals surface area contributed by atoms with Gasteiger partial charge >= 0.3 is 0 Å². The zero-order valence-corrected chi connectivity index (χ0v) is 15.0. The van der Waals surface area contributed by atoms with E-state index in [9.17, 15) is 9.90 Å². The number of hydrogen-bond acceptors (Lipinski definition) is 4. The van der Waals surface area contributed by atoms with E-state index in [2.05, 4.69) is 10.5 Å². The third kappa shape index (κ3) is 4.44. The number of nitrogens with one attached hydrogen (secondary N) is 1. The second kappa shape index (κ2) is 7.96. The number of carbonyl (C=O) groups excluding carboxylic acids is 1. The molecular weight excluding hydrogens is 407 g/mol. The molecule has 0 spiro atoms. The number of phenols is 1. The fraction of sp³-hybridized carbons (Fsp3) is 0.176. The van der Waals surface area contributed by atoms with Crippen molar-refractivity contribution in [3.8, 4) is 11.5 Å². The first kappa shape index (κ1) is 17.3. The smallest absolute Gasteiger partial charge is 0.271 e. The summed E-state index contributed by atoms with van der Waals surface area (Å²) < 4.78 is 6.02. The Hall–Kier alpha value is -2.09. The van der Waals surface area contributed by atoms with Gasteiger partial charge in [0.1, 0.15) is 0 Å². The average Bonchev–Trinajstić information content (AvgIpc) is 2.52. The van der Waals surface area contributed by atoms with Gasteiger partial charge in [-0.1, -0.05) is 18.2 Å². The van der Waals surface area contributed by atoms with E-state index >= 15 is 0 Å². The van der Waals surface area contributed by atoms with Crippen molar-refractivity contribution in [3.63, 3.8) is 0 Å². The Morgan fingerprint density at radius 3 is 2.83 bits per heavy atom. The highest BCUT2D eigenvalue weighted by Crippen LogP contribution is 2.32. The molecule has 2 aromatic rings. The van der Waals surface area contributed by atoms with Crippen molar-refractivity contribution < 1.29 is 14.6 Å². The molecule has 0 atom stereocenters. The molecule has 0 aliphatic heterocycles. The minimum atomic E-state index is -0.266. The summed E-state index contributed by atoms with van der Waals surface area (Å²) in [5.74, 6) is 0.234. The van der Waals surface area contributed by atoms with Crippen LogP contribution in [-0.4, -0.2) is 23.8 Å². The molecule has 0 aliphatic rings. The first-order valence-electron chi connectivity index (χ1n) is 7.07. The van der Waals surface area contributed by atoms with Gasteiger partial charge in [0.15, 0.2) is 11.5 Å². The van der Waals surface area contributed by atoms with E-state index in [0.717, 1.165) is 11.1 Å². The second-order valence-corrected chi connectivity index (χ2v) is 5.96. The molecule has 0 saturated carbocycles. The van der Waals surface area contributed by atoms with Crippen LogP contribution in [0, 0.1) is 10.5 Å². The van der Waals surface area contributed by atoms with Crippen molar-refractivity contribution in [2.24, 2.45) is 5.10 Å². The summed E-state index contributed by atoms with van der Waals surface area (Å²) >= 11 is 2.02. The van der Waals surface area contributed by atoms with Crippen LogP contribution in [0.4, 0.5) is 0 Å².